The molecule has 0 aromatic heterocycles. The van der Waals surface area contributed by atoms with Crippen LogP contribution in [0.4, 0.5) is 0 Å². The molecule has 0 amide bonds. The average molecular weight is 618 g/mol. The molecule has 0 aliphatic heterocycles. The lowest BCUT2D eigenvalue weighted by molar-refractivity contribution is -0.159. The number of alkyl halides is 1. The quantitative estimate of drug-likeness (QED) is 0.0873. The van der Waals surface area contributed by atoms with Crippen LogP contribution in [0.1, 0.15) is 39.5 Å². The molecule has 36 heavy (non-hydrogen) atoms. The zero-order chi connectivity index (χ0) is 25.5. The van der Waals surface area contributed by atoms with Gasteiger partial charge < -0.3 is 14.2 Å². The van der Waals surface area contributed by atoms with Gasteiger partial charge in [-0.3, -0.25) is 4.79 Å². The first kappa shape index (κ1) is 26.5. The molecule has 2 atom stereocenters. The van der Waals surface area contributed by atoms with Gasteiger partial charge in [0.2, 0.25) is 0 Å². The SMILES string of the molecule is CC(I)C(=O)Oc1ccc([S+](c2ccccc2)c2ccc(OCC(=O)OC3(C)CCCC3)cc2)cc1. The highest BCUT2D eigenvalue weighted by Crippen LogP contribution is 2.34. The number of benzene rings is 3. The number of carbonyl (C=O) groups excluding carboxylic acids is 2. The van der Waals surface area contributed by atoms with Crippen molar-refractivity contribution in [2.24, 2.45) is 0 Å². The molecule has 1 fully saturated rings. The first-order valence-corrected chi connectivity index (χ1v) is 14.5. The van der Waals surface area contributed by atoms with Crippen LogP contribution in [0.25, 0.3) is 0 Å². The summed E-state index contributed by atoms with van der Waals surface area (Å²) in [5.41, 5.74) is -0.351. The van der Waals surface area contributed by atoms with E-state index in [1.165, 1.54) is 4.90 Å². The summed E-state index contributed by atoms with van der Waals surface area (Å²) >= 11 is 2.04. The normalized spacial score (nSPS) is 16.1. The molecule has 3 aromatic rings. The minimum atomic E-state index is -0.363. The van der Waals surface area contributed by atoms with Crippen LogP contribution in [0.2, 0.25) is 0 Å². The van der Waals surface area contributed by atoms with Crippen LogP contribution in [0, 0.1) is 0 Å². The Kier molecular flexibility index (Phi) is 8.95. The predicted octanol–water partition coefficient (Wildman–Crippen LogP) is 6.77. The predicted molar refractivity (Wildman–Crippen MR) is 149 cm³/mol. The zero-order valence-electron chi connectivity index (χ0n) is 20.4. The van der Waals surface area contributed by atoms with E-state index in [0.29, 0.717) is 11.5 Å². The molecule has 0 bridgehead atoms. The summed E-state index contributed by atoms with van der Waals surface area (Å²) in [6.07, 6.45) is 4.02. The van der Waals surface area contributed by atoms with Crippen molar-refractivity contribution in [3.63, 3.8) is 0 Å². The van der Waals surface area contributed by atoms with Gasteiger partial charge in [-0.2, -0.15) is 0 Å². The van der Waals surface area contributed by atoms with Crippen LogP contribution in [0.5, 0.6) is 11.5 Å². The van der Waals surface area contributed by atoms with E-state index >= 15 is 0 Å². The van der Waals surface area contributed by atoms with Crippen molar-refractivity contribution in [3.05, 3.63) is 78.9 Å². The molecule has 5 nitrogen and oxygen atoms in total. The third-order valence-corrected chi connectivity index (χ3v) is 8.76. The Hall–Kier alpha value is -2.52. The minimum Gasteiger partial charge on any atom is -0.482 e. The van der Waals surface area contributed by atoms with Crippen molar-refractivity contribution in [2.75, 3.05) is 6.61 Å². The van der Waals surface area contributed by atoms with Gasteiger partial charge in [0.1, 0.15) is 21.0 Å². The lowest BCUT2D eigenvalue weighted by Gasteiger charge is -2.23. The van der Waals surface area contributed by atoms with E-state index in [9.17, 15) is 9.59 Å². The van der Waals surface area contributed by atoms with Crippen LogP contribution in [-0.4, -0.2) is 28.1 Å². The summed E-state index contributed by atoms with van der Waals surface area (Å²) in [6, 6.07) is 25.8. The highest BCUT2D eigenvalue weighted by Gasteiger charge is 2.33. The Balaban J connectivity index is 1.47. The third-order valence-electron chi connectivity index (χ3n) is 6.02. The molecule has 188 valence electrons. The Bertz CT molecular complexity index is 1160. The van der Waals surface area contributed by atoms with E-state index in [-0.39, 0.29) is 39.0 Å². The molecule has 0 heterocycles. The summed E-state index contributed by atoms with van der Waals surface area (Å²) < 4.78 is 16.6. The highest BCUT2D eigenvalue weighted by atomic mass is 127. The smallest absolute Gasteiger partial charge is 0.344 e. The molecule has 0 N–H and O–H groups in total. The fraction of sp³-hybridized carbons (Fsp3) is 0.310. The van der Waals surface area contributed by atoms with Crippen LogP contribution in [0.15, 0.2) is 93.5 Å². The van der Waals surface area contributed by atoms with Crippen molar-refractivity contribution in [1.29, 1.82) is 0 Å². The van der Waals surface area contributed by atoms with Crippen molar-refractivity contribution in [1.82, 2.24) is 0 Å². The van der Waals surface area contributed by atoms with Gasteiger partial charge in [0.05, 0.1) is 10.9 Å². The largest absolute Gasteiger partial charge is 0.482 e. The number of hydrogen-bond donors (Lipinski definition) is 0. The molecular formula is C29H30IO5S+. The van der Waals surface area contributed by atoms with Crippen LogP contribution in [-0.2, 0) is 25.2 Å². The van der Waals surface area contributed by atoms with Crippen molar-refractivity contribution >= 4 is 45.4 Å². The monoisotopic (exact) mass is 617 g/mol. The average Bonchev–Trinajstić information content (AvgIpc) is 3.31. The first-order valence-electron chi connectivity index (χ1n) is 12.0. The fourth-order valence-electron chi connectivity index (χ4n) is 4.15. The minimum absolute atomic E-state index is 0.102. The van der Waals surface area contributed by atoms with Crippen molar-refractivity contribution in [3.8, 4) is 11.5 Å². The zero-order valence-corrected chi connectivity index (χ0v) is 23.4. The van der Waals surface area contributed by atoms with Gasteiger partial charge in [0.15, 0.2) is 21.3 Å². The number of hydrogen-bond acceptors (Lipinski definition) is 5. The number of esters is 2. The fourth-order valence-corrected chi connectivity index (χ4v) is 6.34. The summed E-state index contributed by atoms with van der Waals surface area (Å²) in [5.74, 6) is 0.567. The van der Waals surface area contributed by atoms with Crippen molar-refractivity contribution < 1.29 is 23.8 Å². The van der Waals surface area contributed by atoms with E-state index < -0.39 is 0 Å². The molecule has 0 radical (unpaired) electrons. The highest BCUT2D eigenvalue weighted by molar-refractivity contribution is 14.1. The second-order valence-corrected chi connectivity index (χ2v) is 12.9. The maximum atomic E-state index is 12.3. The molecule has 1 saturated carbocycles. The summed E-state index contributed by atoms with van der Waals surface area (Å²) in [5, 5.41) is 0. The maximum Gasteiger partial charge on any atom is 0.344 e. The number of halogens is 1. The number of ether oxygens (including phenoxy) is 3. The Morgan fingerprint density at radius 1 is 0.861 bits per heavy atom. The summed E-state index contributed by atoms with van der Waals surface area (Å²) in [4.78, 5) is 27.6. The van der Waals surface area contributed by atoms with E-state index in [2.05, 4.69) is 12.1 Å². The van der Waals surface area contributed by atoms with Gasteiger partial charge >= 0.3 is 11.9 Å². The first-order chi connectivity index (χ1) is 17.3. The summed E-state index contributed by atoms with van der Waals surface area (Å²) in [6.45, 7) is 3.70. The van der Waals surface area contributed by atoms with E-state index in [1.807, 2.05) is 96.2 Å². The van der Waals surface area contributed by atoms with Gasteiger partial charge in [-0.15, -0.1) is 0 Å². The van der Waals surface area contributed by atoms with Crippen LogP contribution < -0.4 is 9.47 Å². The van der Waals surface area contributed by atoms with Crippen molar-refractivity contribution in [2.45, 2.75) is 63.7 Å². The Labute approximate surface area is 229 Å². The van der Waals surface area contributed by atoms with Gasteiger partial charge in [0, 0.05) is 0 Å². The van der Waals surface area contributed by atoms with Crippen LogP contribution >= 0.6 is 22.6 Å². The standard InChI is InChI=1S/C29H30IO5S/c1-21(30)28(32)34-23-12-16-26(17-13-23)36(24-8-4-3-5-9-24)25-14-10-22(11-15-25)33-20-27(31)35-29(2)18-6-7-19-29/h3-5,8-17,21H,6-7,18-20H2,1-2H3/q+1. The summed E-state index contributed by atoms with van der Waals surface area (Å²) in [7, 11) is -0.363. The Morgan fingerprint density at radius 3 is 1.94 bits per heavy atom. The Morgan fingerprint density at radius 2 is 1.39 bits per heavy atom. The molecule has 7 heteroatoms. The second-order valence-electron chi connectivity index (χ2n) is 9.02. The van der Waals surface area contributed by atoms with Gasteiger partial charge in [0.25, 0.3) is 0 Å². The van der Waals surface area contributed by atoms with E-state index in [4.69, 9.17) is 14.2 Å². The van der Waals surface area contributed by atoms with E-state index in [1.54, 1.807) is 6.92 Å². The van der Waals surface area contributed by atoms with Gasteiger partial charge in [-0.25, -0.2) is 4.79 Å². The van der Waals surface area contributed by atoms with Gasteiger partial charge in [-0.1, -0.05) is 40.8 Å². The molecule has 1 aliphatic carbocycles. The molecule has 0 spiro atoms. The molecule has 2 unspecified atom stereocenters. The molecule has 1 aliphatic rings. The molecule has 4 rings (SSSR count). The molecule has 3 aromatic carbocycles. The molecule has 0 saturated heterocycles. The topological polar surface area (TPSA) is 61.8 Å². The number of rotatable bonds is 9. The second kappa shape index (κ2) is 12.1. The lowest BCUT2D eigenvalue weighted by atomic mass is 10.1. The maximum absolute atomic E-state index is 12.3. The number of carbonyl (C=O) groups is 2. The lowest BCUT2D eigenvalue weighted by Crippen LogP contribution is -2.30. The molecular weight excluding hydrogens is 587 g/mol. The third kappa shape index (κ3) is 7.03. The van der Waals surface area contributed by atoms with E-state index in [0.717, 1.165) is 35.5 Å². The van der Waals surface area contributed by atoms with Crippen LogP contribution in [0.3, 0.4) is 0 Å². The van der Waals surface area contributed by atoms with Gasteiger partial charge in [-0.05, 0) is 100 Å².